The van der Waals surface area contributed by atoms with Crippen LogP contribution in [0.5, 0.6) is 0 Å². The first-order valence-corrected chi connectivity index (χ1v) is 6.24. The number of carboxylic acids is 1. The van der Waals surface area contributed by atoms with Crippen molar-refractivity contribution in [3.8, 4) is 0 Å². The molecule has 2 rings (SSSR count). The van der Waals surface area contributed by atoms with Crippen LogP contribution in [0, 0.1) is 0 Å². The molecule has 2 aliphatic heterocycles. The van der Waals surface area contributed by atoms with E-state index in [0.29, 0.717) is 19.4 Å². The summed E-state index contributed by atoms with van der Waals surface area (Å²) in [5, 5.41) is 11.0. The summed E-state index contributed by atoms with van der Waals surface area (Å²) in [5.74, 6) is -1.09. The lowest BCUT2D eigenvalue weighted by Crippen LogP contribution is -2.48. The number of hydrazine groups is 1. The van der Waals surface area contributed by atoms with Gasteiger partial charge in [-0.25, -0.2) is 4.79 Å². The number of carboxylic acid groups (broad SMARTS) is 1. The Balaban J connectivity index is 2.04. The number of nitrogens with zero attached hydrogens (tertiary/aromatic N) is 2. The highest BCUT2D eigenvalue weighted by atomic mass is 32.2. The van der Waals surface area contributed by atoms with Gasteiger partial charge < -0.3 is 5.11 Å². The molecule has 17 heavy (non-hydrogen) atoms. The van der Waals surface area contributed by atoms with Crippen LogP contribution in [-0.4, -0.2) is 52.9 Å². The van der Waals surface area contributed by atoms with Gasteiger partial charge in [0.15, 0.2) is 0 Å². The molecule has 0 aromatic carbocycles. The van der Waals surface area contributed by atoms with Gasteiger partial charge in [0.25, 0.3) is 0 Å². The maximum atomic E-state index is 11.3. The van der Waals surface area contributed by atoms with Crippen molar-refractivity contribution in [1.82, 2.24) is 15.3 Å². The predicted octanol–water partition coefficient (Wildman–Crippen LogP) is 0.0441. The first-order chi connectivity index (χ1) is 8.00. The molecule has 1 fully saturated rings. The minimum atomic E-state index is -1.01. The normalized spacial score (nSPS) is 23.1. The Kier molecular flexibility index (Phi) is 3.41. The summed E-state index contributed by atoms with van der Waals surface area (Å²) >= 11 is 1.50. The van der Waals surface area contributed by atoms with Gasteiger partial charge >= 0.3 is 5.97 Å². The number of β-lactam (4-membered cyclic amide) rings is 1. The molecule has 7 heteroatoms. The fraction of sp³-hybridized carbons (Fsp3) is 0.600. The third kappa shape index (κ3) is 2.31. The van der Waals surface area contributed by atoms with Gasteiger partial charge in [0.2, 0.25) is 5.91 Å². The van der Waals surface area contributed by atoms with Crippen molar-refractivity contribution < 1.29 is 14.7 Å². The average Bonchev–Trinajstić information content (AvgIpc) is 2.50. The van der Waals surface area contributed by atoms with E-state index in [1.54, 1.807) is 0 Å². The molecule has 2 heterocycles. The highest BCUT2D eigenvalue weighted by Gasteiger charge is 2.47. The Labute approximate surface area is 104 Å². The molecule has 1 saturated heterocycles. The second-order valence-electron chi connectivity index (χ2n) is 4.17. The highest BCUT2D eigenvalue weighted by Crippen LogP contribution is 2.47. The first-order valence-electron chi connectivity index (χ1n) is 5.36. The Morgan fingerprint density at radius 3 is 2.88 bits per heavy atom. The standard InChI is InChI=1S/C10H15N3O3S/c1-12(2)11-4-3-6-9(10(15)16)13-7(14)5-8(13)17-6/h8,11H,3-5H2,1-2H3,(H,15,16)/t8-/m0/s1. The number of nitrogens with one attached hydrogen (secondary N) is 1. The molecule has 2 aliphatic rings. The summed E-state index contributed by atoms with van der Waals surface area (Å²) in [6, 6.07) is 0. The van der Waals surface area contributed by atoms with Gasteiger partial charge in [-0.2, -0.15) is 0 Å². The van der Waals surface area contributed by atoms with Gasteiger partial charge in [-0.15, -0.1) is 11.8 Å². The van der Waals surface area contributed by atoms with E-state index < -0.39 is 5.97 Å². The van der Waals surface area contributed by atoms with Crippen molar-refractivity contribution in [2.75, 3.05) is 20.6 Å². The van der Waals surface area contributed by atoms with Crippen LogP contribution in [0.4, 0.5) is 0 Å². The number of fused-ring (bicyclic) bond motifs is 1. The predicted molar refractivity (Wildman–Crippen MR) is 63.8 cm³/mol. The topological polar surface area (TPSA) is 72.9 Å². The van der Waals surface area contributed by atoms with Crippen molar-refractivity contribution in [2.24, 2.45) is 0 Å². The van der Waals surface area contributed by atoms with Crippen LogP contribution in [0.3, 0.4) is 0 Å². The van der Waals surface area contributed by atoms with Crippen LogP contribution < -0.4 is 5.43 Å². The van der Waals surface area contributed by atoms with E-state index >= 15 is 0 Å². The quantitative estimate of drug-likeness (QED) is 0.535. The van der Waals surface area contributed by atoms with Gasteiger partial charge in [0.1, 0.15) is 5.70 Å². The maximum absolute atomic E-state index is 11.3. The smallest absolute Gasteiger partial charge is 0.353 e. The summed E-state index contributed by atoms with van der Waals surface area (Å²) in [6.07, 6.45) is 1.08. The minimum absolute atomic E-state index is 0.0166. The molecule has 0 unspecified atom stereocenters. The van der Waals surface area contributed by atoms with E-state index in [-0.39, 0.29) is 17.0 Å². The zero-order valence-electron chi connectivity index (χ0n) is 9.77. The van der Waals surface area contributed by atoms with Crippen LogP contribution in [-0.2, 0) is 9.59 Å². The Bertz CT molecular complexity index is 394. The molecule has 1 amide bonds. The fourth-order valence-corrected chi connectivity index (χ4v) is 3.30. The van der Waals surface area contributed by atoms with Crippen molar-refractivity contribution in [2.45, 2.75) is 18.2 Å². The lowest BCUT2D eigenvalue weighted by atomic mass is 10.1. The summed E-state index contributed by atoms with van der Waals surface area (Å²) in [4.78, 5) is 24.7. The van der Waals surface area contributed by atoms with Crippen molar-refractivity contribution in [3.05, 3.63) is 10.6 Å². The average molecular weight is 257 g/mol. The van der Waals surface area contributed by atoms with Gasteiger partial charge in [0, 0.05) is 25.5 Å². The fourth-order valence-electron chi connectivity index (χ4n) is 1.90. The second kappa shape index (κ2) is 4.67. The molecular formula is C10H15N3O3S. The van der Waals surface area contributed by atoms with Gasteiger partial charge in [0.05, 0.1) is 11.8 Å². The molecule has 6 nitrogen and oxygen atoms in total. The number of carbonyl (C=O) groups excluding carboxylic acids is 1. The summed E-state index contributed by atoms with van der Waals surface area (Å²) in [7, 11) is 3.76. The van der Waals surface area contributed by atoms with Crippen molar-refractivity contribution >= 4 is 23.6 Å². The number of rotatable bonds is 5. The third-order valence-electron chi connectivity index (χ3n) is 2.67. The van der Waals surface area contributed by atoms with E-state index in [1.165, 1.54) is 16.7 Å². The Morgan fingerprint density at radius 2 is 2.35 bits per heavy atom. The lowest BCUT2D eigenvalue weighted by molar-refractivity contribution is -0.145. The number of aliphatic carboxylic acids is 1. The molecule has 94 valence electrons. The lowest BCUT2D eigenvalue weighted by Gasteiger charge is -2.33. The number of thioether (sulfide) groups is 1. The molecule has 0 aliphatic carbocycles. The summed E-state index contributed by atoms with van der Waals surface area (Å²) in [5.41, 5.74) is 3.26. The second-order valence-corrected chi connectivity index (χ2v) is 5.44. The molecular weight excluding hydrogens is 242 g/mol. The number of hydrogen-bond donors (Lipinski definition) is 2. The Hall–Kier alpha value is -1.05. The van der Waals surface area contributed by atoms with Crippen LogP contribution in [0.15, 0.2) is 10.6 Å². The molecule has 0 aromatic heterocycles. The molecule has 0 bridgehead atoms. The molecule has 0 radical (unpaired) electrons. The maximum Gasteiger partial charge on any atom is 0.353 e. The Morgan fingerprint density at radius 1 is 1.65 bits per heavy atom. The van der Waals surface area contributed by atoms with Crippen LogP contribution >= 0.6 is 11.8 Å². The van der Waals surface area contributed by atoms with Crippen molar-refractivity contribution in [1.29, 1.82) is 0 Å². The van der Waals surface area contributed by atoms with E-state index in [2.05, 4.69) is 5.43 Å². The number of carbonyl (C=O) groups is 2. The summed E-state index contributed by atoms with van der Waals surface area (Å²) < 4.78 is 0. The molecule has 2 N–H and O–H groups in total. The van der Waals surface area contributed by atoms with Gasteiger partial charge in [-0.3, -0.25) is 20.1 Å². The largest absolute Gasteiger partial charge is 0.477 e. The van der Waals surface area contributed by atoms with E-state index in [0.717, 1.165) is 4.91 Å². The van der Waals surface area contributed by atoms with E-state index in [1.807, 2.05) is 19.1 Å². The van der Waals surface area contributed by atoms with Crippen LogP contribution in [0.25, 0.3) is 0 Å². The molecule has 0 aromatic rings. The van der Waals surface area contributed by atoms with E-state index in [9.17, 15) is 9.59 Å². The SMILES string of the molecule is CN(C)NCCC1=C(C(=O)O)N2C(=O)C[C@@H]2S1. The first kappa shape index (κ1) is 12.4. The molecule has 0 spiro atoms. The van der Waals surface area contributed by atoms with Crippen LogP contribution in [0.2, 0.25) is 0 Å². The monoisotopic (exact) mass is 257 g/mol. The zero-order chi connectivity index (χ0) is 12.6. The van der Waals surface area contributed by atoms with Crippen LogP contribution in [0.1, 0.15) is 12.8 Å². The number of hydrogen-bond acceptors (Lipinski definition) is 5. The van der Waals surface area contributed by atoms with Gasteiger partial charge in [-0.05, 0) is 6.42 Å². The molecule has 1 atom stereocenters. The van der Waals surface area contributed by atoms with Crippen molar-refractivity contribution in [3.63, 3.8) is 0 Å². The van der Waals surface area contributed by atoms with Gasteiger partial charge in [-0.1, -0.05) is 0 Å². The number of amides is 1. The minimum Gasteiger partial charge on any atom is -0.477 e. The highest BCUT2D eigenvalue weighted by molar-refractivity contribution is 8.04. The third-order valence-corrected chi connectivity index (χ3v) is 4.00. The summed E-state index contributed by atoms with van der Waals surface area (Å²) in [6.45, 7) is 0.668. The van der Waals surface area contributed by atoms with E-state index in [4.69, 9.17) is 5.11 Å². The molecule has 0 saturated carbocycles. The zero-order valence-corrected chi connectivity index (χ0v) is 10.6.